The Morgan fingerprint density at radius 2 is 1.82 bits per heavy atom. The van der Waals surface area contributed by atoms with Crippen LogP contribution in [0.4, 0.5) is 13.2 Å². The molecule has 0 fully saturated rings. The van der Waals surface area contributed by atoms with Crippen LogP contribution >= 0.6 is 0 Å². The van der Waals surface area contributed by atoms with Crippen molar-refractivity contribution in [3.8, 4) is 11.1 Å². The summed E-state index contributed by atoms with van der Waals surface area (Å²) in [5.41, 5.74) is 2.42. The number of carboxylic acid groups (broad SMARTS) is 1. The third-order valence-corrected chi connectivity index (χ3v) is 6.64. The molecule has 6 nitrogen and oxygen atoms in total. The Hall–Kier alpha value is -3.95. The van der Waals surface area contributed by atoms with E-state index in [1.54, 1.807) is 10.8 Å². The van der Waals surface area contributed by atoms with Crippen molar-refractivity contribution < 1.29 is 28.2 Å². The van der Waals surface area contributed by atoms with E-state index in [9.17, 15) is 28.2 Å². The number of aliphatic hydroxyl groups is 1. The molecular weight excluding hydrogens is 495 g/mol. The number of alkyl halides is 3. The van der Waals surface area contributed by atoms with Crippen LogP contribution in [0.2, 0.25) is 0 Å². The molecule has 9 heteroatoms. The summed E-state index contributed by atoms with van der Waals surface area (Å²) in [6.07, 6.45) is 0.429. The van der Waals surface area contributed by atoms with Crippen LogP contribution in [0, 0.1) is 6.92 Å². The van der Waals surface area contributed by atoms with Crippen molar-refractivity contribution >= 4 is 29.0 Å². The number of rotatable bonds is 8. The number of carbonyl (C=O) groups is 1. The molecular formula is C29H28F3N3O3. The predicted molar refractivity (Wildman–Crippen MR) is 141 cm³/mol. The molecule has 0 radical (unpaired) electrons. The number of benzene rings is 3. The van der Waals surface area contributed by atoms with E-state index in [1.165, 1.54) is 25.1 Å². The van der Waals surface area contributed by atoms with Gasteiger partial charge in [0.05, 0.1) is 17.7 Å². The molecule has 4 aromatic rings. The van der Waals surface area contributed by atoms with Crippen LogP contribution in [0.5, 0.6) is 0 Å². The van der Waals surface area contributed by atoms with Gasteiger partial charge >= 0.3 is 12.1 Å². The summed E-state index contributed by atoms with van der Waals surface area (Å²) in [4.78, 5) is 11.4. The number of aromatic nitrogens is 2. The van der Waals surface area contributed by atoms with Crippen LogP contribution in [0.1, 0.15) is 34.7 Å². The number of hydrogen-bond acceptors (Lipinski definition) is 4. The SMILES string of the molecule is Cc1c(/C=C/c2cc(CNC(C)(CO)C(=O)O)ccc2C(F)(F)F)cccc1-c1ccc2cn(C)nc2c1. The minimum atomic E-state index is -4.57. The largest absolute Gasteiger partial charge is 0.480 e. The van der Waals surface area contributed by atoms with Crippen LogP contribution in [-0.4, -0.2) is 38.1 Å². The second-order valence-corrected chi connectivity index (χ2v) is 9.50. The van der Waals surface area contributed by atoms with Crippen LogP contribution in [0.25, 0.3) is 34.2 Å². The first-order valence-electron chi connectivity index (χ1n) is 11.9. The summed E-state index contributed by atoms with van der Waals surface area (Å²) in [5, 5.41) is 26.9. The molecule has 0 saturated heterocycles. The summed E-state index contributed by atoms with van der Waals surface area (Å²) in [5.74, 6) is -1.26. The van der Waals surface area contributed by atoms with E-state index >= 15 is 0 Å². The number of carboxylic acids is 1. The molecule has 4 rings (SSSR count). The average molecular weight is 524 g/mol. The zero-order chi connectivity index (χ0) is 27.7. The normalized spacial score (nSPS) is 13.8. The molecule has 0 spiro atoms. The number of fused-ring (bicyclic) bond motifs is 1. The van der Waals surface area contributed by atoms with Gasteiger partial charge in [-0.2, -0.15) is 18.3 Å². The molecule has 0 aliphatic heterocycles. The standard InChI is InChI=1S/C29H28F3N3O3/c1-18-20(5-4-6-24(18)21-9-11-23-16-35(3)34-26(23)14-21)8-10-22-13-19(7-12-25(22)29(30,31)32)15-33-28(2,17-36)27(37)38/h4-14,16,33,36H,15,17H2,1-3H3,(H,37,38)/b10-8+. The number of nitrogens with one attached hydrogen (secondary N) is 1. The van der Waals surface area contributed by atoms with Crippen LogP contribution in [-0.2, 0) is 24.6 Å². The van der Waals surface area contributed by atoms with E-state index in [1.807, 2.05) is 56.6 Å². The van der Waals surface area contributed by atoms with Crippen LogP contribution < -0.4 is 5.32 Å². The first-order valence-corrected chi connectivity index (χ1v) is 11.9. The van der Waals surface area contributed by atoms with Crippen molar-refractivity contribution in [3.05, 3.63) is 88.6 Å². The molecule has 0 aliphatic carbocycles. The van der Waals surface area contributed by atoms with Gasteiger partial charge in [-0.25, -0.2) is 0 Å². The molecule has 0 aliphatic rings. The zero-order valence-electron chi connectivity index (χ0n) is 21.2. The fourth-order valence-electron chi connectivity index (χ4n) is 4.25. The van der Waals surface area contributed by atoms with Crippen molar-refractivity contribution in [1.29, 1.82) is 0 Å². The molecule has 3 N–H and O–H groups in total. The maximum atomic E-state index is 13.8. The van der Waals surface area contributed by atoms with Gasteiger partial charge in [-0.3, -0.25) is 14.8 Å². The highest BCUT2D eigenvalue weighted by molar-refractivity contribution is 5.86. The molecule has 0 amide bonds. The van der Waals surface area contributed by atoms with Gasteiger partial charge < -0.3 is 10.2 Å². The molecule has 0 saturated carbocycles. The van der Waals surface area contributed by atoms with Crippen molar-refractivity contribution in [1.82, 2.24) is 15.1 Å². The van der Waals surface area contributed by atoms with Gasteiger partial charge in [0.25, 0.3) is 0 Å². The summed E-state index contributed by atoms with van der Waals surface area (Å²) < 4.78 is 43.0. The Morgan fingerprint density at radius 1 is 1.08 bits per heavy atom. The Kier molecular flexibility index (Phi) is 7.44. The van der Waals surface area contributed by atoms with Gasteiger partial charge in [0, 0.05) is 25.2 Å². The minimum Gasteiger partial charge on any atom is -0.480 e. The van der Waals surface area contributed by atoms with Gasteiger partial charge in [-0.1, -0.05) is 48.6 Å². The summed E-state index contributed by atoms with van der Waals surface area (Å²) in [7, 11) is 1.86. The topological polar surface area (TPSA) is 87.4 Å². The summed E-state index contributed by atoms with van der Waals surface area (Å²) >= 11 is 0. The Labute approximate surface area is 218 Å². The lowest BCUT2D eigenvalue weighted by molar-refractivity contribution is -0.146. The van der Waals surface area contributed by atoms with E-state index in [0.717, 1.165) is 39.2 Å². The fraction of sp³-hybridized carbons (Fsp3) is 0.241. The van der Waals surface area contributed by atoms with Crippen molar-refractivity contribution in [3.63, 3.8) is 0 Å². The van der Waals surface area contributed by atoms with E-state index in [4.69, 9.17) is 0 Å². The van der Waals surface area contributed by atoms with E-state index in [2.05, 4.69) is 10.4 Å². The second-order valence-electron chi connectivity index (χ2n) is 9.50. The number of aliphatic carboxylic acids is 1. The number of aryl methyl sites for hydroxylation is 1. The lowest BCUT2D eigenvalue weighted by atomic mass is 9.95. The van der Waals surface area contributed by atoms with Gasteiger partial charge in [0.1, 0.15) is 5.54 Å². The van der Waals surface area contributed by atoms with Gasteiger partial charge in [-0.15, -0.1) is 0 Å². The molecule has 198 valence electrons. The van der Waals surface area contributed by atoms with E-state index in [-0.39, 0.29) is 12.1 Å². The van der Waals surface area contributed by atoms with Crippen molar-refractivity contribution in [2.45, 2.75) is 32.1 Å². The maximum Gasteiger partial charge on any atom is 0.416 e. The third kappa shape index (κ3) is 5.64. The zero-order valence-corrected chi connectivity index (χ0v) is 21.2. The highest BCUT2D eigenvalue weighted by Crippen LogP contribution is 2.34. The number of nitrogens with zero attached hydrogens (tertiary/aromatic N) is 2. The highest BCUT2D eigenvalue weighted by Gasteiger charge is 2.34. The lowest BCUT2D eigenvalue weighted by Gasteiger charge is -2.24. The number of aliphatic hydroxyl groups excluding tert-OH is 1. The quantitative estimate of drug-likeness (QED) is 0.259. The monoisotopic (exact) mass is 523 g/mol. The molecule has 1 unspecified atom stereocenters. The predicted octanol–water partition coefficient (Wildman–Crippen LogP) is 5.66. The first kappa shape index (κ1) is 27.1. The van der Waals surface area contributed by atoms with Gasteiger partial charge in [0.15, 0.2) is 0 Å². The number of halogens is 3. The minimum absolute atomic E-state index is 0.0349. The van der Waals surface area contributed by atoms with E-state index < -0.39 is 29.9 Å². The van der Waals surface area contributed by atoms with Crippen LogP contribution in [0.3, 0.4) is 0 Å². The Morgan fingerprint density at radius 3 is 2.50 bits per heavy atom. The Balaban J connectivity index is 1.67. The maximum absolute atomic E-state index is 13.8. The van der Waals surface area contributed by atoms with E-state index in [0.29, 0.717) is 5.56 Å². The smallest absolute Gasteiger partial charge is 0.416 e. The van der Waals surface area contributed by atoms with Crippen molar-refractivity contribution in [2.75, 3.05) is 6.61 Å². The highest BCUT2D eigenvalue weighted by atomic mass is 19.4. The third-order valence-electron chi connectivity index (χ3n) is 6.64. The molecule has 38 heavy (non-hydrogen) atoms. The first-order chi connectivity index (χ1) is 17.9. The second kappa shape index (κ2) is 10.4. The molecule has 0 bridgehead atoms. The summed E-state index contributed by atoms with van der Waals surface area (Å²) in [6, 6.07) is 15.3. The fourth-order valence-corrected chi connectivity index (χ4v) is 4.25. The molecule has 1 aromatic heterocycles. The molecule has 3 aromatic carbocycles. The number of hydrogen-bond donors (Lipinski definition) is 3. The summed E-state index contributed by atoms with van der Waals surface area (Å²) in [6.45, 7) is 2.53. The lowest BCUT2D eigenvalue weighted by Crippen LogP contribution is -2.52. The molecule has 1 atom stereocenters. The van der Waals surface area contributed by atoms with Crippen LogP contribution in [0.15, 0.2) is 60.8 Å². The van der Waals surface area contributed by atoms with Gasteiger partial charge in [-0.05, 0) is 65.4 Å². The Bertz CT molecular complexity index is 1520. The van der Waals surface area contributed by atoms with Gasteiger partial charge in [0.2, 0.25) is 0 Å². The molecule has 1 heterocycles. The van der Waals surface area contributed by atoms with Crippen molar-refractivity contribution in [2.24, 2.45) is 7.05 Å². The average Bonchev–Trinajstić information content (AvgIpc) is 3.25.